The lowest BCUT2D eigenvalue weighted by Crippen LogP contribution is -2.29. The molecule has 4 unspecified atom stereocenters. The van der Waals surface area contributed by atoms with Crippen LogP contribution in [0.3, 0.4) is 0 Å². The average Bonchev–Trinajstić information content (AvgIpc) is 2.61. The molecule has 0 radical (unpaired) electrons. The molecule has 0 spiro atoms. The van der Waals surface area contributed by atoms with Crippen molar-refractivity contribution in [3.63, 3.8) is 0 Å². The molecule has 2 aliphatic carbocycles. The van der Waals surface area contributed by atoms with Gasteiger partial charge in [0.1, 0.15) is 11.6 Å². The number of aromatic carboxylic acids is 1. The summed E-state index contributed by atoms with van der Waals surface area (Å²) in [5, 5.41) is 9.67. The number of hydrogen-bond acceptors (Lipinski definition) is 1. The molecule has 2 saturated carbocycles. The lowest BCUT2D eigenvalue weighted by atomic mass is 9.64. The lowest BCUT2D eigenvalue weighted by molar-refractivity contribution is 0.0692. The maximum absolute atomic E-state index is 14.8. The Kier molecular flexibility index (Phi) is 4.45. The average molecular weight is 358 g/mol. The Morgan fingerprint density at radius 1 is 1.04 bits per heavy atom. The minimum Gasteiger partial charge on any atom is -0.478 e. The van der Waals surface area contributed by atoms with Crippen LogP contribution < -0.4 is 0 Å². The van der Waals surface area contributed by atoms with Gasteiger partial charge in [-0.05, 0) is 84.9 Å². The van der Waals surface area contributed by atoms with Gasteiger partial charge in [-0.2, -0.15) is 0 Å². The standard InChI is InChI=1S/C22H24F2O2/c1-12-2-3-14-9-15(5-4-13(14)8-12)18-10-16-6-7-17(22(25)26)21(24)19(16)11-20(18)23/h6-7,10-15H,2-5,8-9H2,1H3,(H,25,26). The molecule has 26 heavy (non-hydrogen) atoms. The molecule has 4 rings (SSSR count). The van der Waals surface area contributed by atoms with Crippen molar-refractivity contribution in [2.75, 3.05) is 0 Å². The first-order valence-electron chi connectivity index (χ1n) is 9.59. The molecule has 0 saturated heterocycles. The third-order valence-corrected chi connectivity index (χ3v) is 6.62. The zero-order chi connectivity index (χ0) is 18.4. The Labute approximate surface area is 152 Å². The van der Waals surface area contributed by atoms with Gasteiger partial charge in [-0.15, -0.1) is 0 Å². The molecule has 2 aliphatic rings. The van der Waals surface area contributed by atoms with E-state index in [-0.39, 0.29) is 11.3 Å². The maximum atomic E-state index is 14.8. The first-order valence-corrected chi connectivity index (χ1v) is 9.59. The van der Waals surface area contributed by atoms with Crippen LogP contribution in [0.5, 0.6) is 0 Å². The van der Waals surface area contributed by atoms with Gasteiger partial charge in [-0.3, -0.25) is 0 Å². The number of halogens is 2. The van der Waals surface area contributed by atoms with E-state index in [1.807, 2.05) is 0 Å². The Morgan fingerprint density at radius 2 is 1.77 bits per heavy atom. The van der Waals surface area contributed by atoms with Crippen LogP contribution in [0, 0.1) is 29.4 Å². The summed E-state index contributed by atoms with van der Waals surface area (Å²) in [5.41, 5.74) is 0.249. The van der Waals surface area contributed by atoms with Crippen molar-refractivity contribution in [1.29, 1.82) is 0 Å². The fourth-order valence-corrected chi connectivity index (χ4v) is 5.21. The molecule has 2 aromatic rings. The fraction of sp³-hybridized carbons (Fsp3) is 0.500. The summed E-state index contributed by atoms with van der Waals surface area (Å²) in [4.78, 5) is 11.1. The first kappa shape index (κ1) is 17.4. The quantitative estimate of drug-likeness (QED) is 0.700. The van der Waals surface area contributed by atoms with Gasteiger partial charge >= 0.3 is 5.97 Å². The van der Waals surface area contributed by atoms with Gasteiger partial charge in [0.2, 0.25) is 0 Å². The number of carboxylic acid groups (broad SMARTS) is 1. The minimum absolute atomic E-state index is 0.0475. The molecule has 0 amide bonds. The first-order chi connectivity index (χ1) is 12.4. The van der Waals surface area contributed by atoms with E-state index in [0.717, 1.165) is 31.1 Å². The summed E-state index contributed by atoms with van der Waals surface area (Å²) >= 11 is 0. The van der Waals surface area contributed by atoms with Crippen molar-refractivity contribution in [2.45, 2.75) is 51.4 Å². The summed E-state index contributed by atoms with van der Waals surface area (Å²) in [6.07, 6.45) is 6.91. The second-order valence-corrected chi connectivity index (χ2v) is 8.28. The highest BCUT2D eigenvalue weighted by atomic mass is 19.1. The number of carbonyl (C=O) groups is 1. The highest BCUT2D eigenvalue weighted by molar-refractivity contribution is 5.95. The zero-order valence-electron chi connectivity index (χ0n) is 15.0. The van der Waals surface area contributed by atoms with Gasteiger partial charge in [0.15, 0.2) is 0 Å². The minimum atomic E-state index is -1.33. The molecule has 2 aromatic carbocycles. The third kappa shape index (κ3) is 3.00. The van der Waals surface area contributed by atoms with E-state index in [4.69, 9.17) is 5.11 Å². The molecule has 138 valence electrons. The van der Waals surface area contributed by atoms with Gasteiger partial charge in [-0.25, -0.2) is 13.6 Å². The number of benzene rings is 2. The highest BCUT2D eigenvalue weighted by Crippen LogP contribution is 2.48. The van der Waals surface area contributed by atoms with E-state index in [1.165, 1.54) is 31.4 Å². The SMILES string of the molecule is CC1CCC2CC(c3cc4ccc(C(=O)O)c(F)c4cc3F)CCC2C1. The van der Waals surface area contributed by atoms with Crippen molar-refractivity contribution in [3.8, 4) is 0 Å². The van der Waals surface area contributed by atoms with Crippen molar-refractivity contribution in [1.82, 2.24) is 0 Å². The normalized spacial score (nSPS) is 28.7. The summed E-state index contributed by atoms with van der Waals surface area (Å²) in [6, 6.07) is 5.76. The topological polar surface area (TPSA) is 37.3 Å². The smallest absolute Gasteiger partial charge is 0.338 e. The van der Waals surface area contributed by atoms with Gasteiger partial charge in [-0.1, -0.05) is 19.4 Å². The molecular formula is C22H24F2O2. The van der Waals surface area contributed by atoms with Gasteiger partial charge in [0.25, 0.3) is 0 Å². The molecule has 0 heterocycles. The summed E-state index contributed by atoms with van der Waals surface area (Å²) in [5.74, 6) is -0.177. The van der Waals surface area contributed by atoms with Gasteiger partial charge < -0.3 is 5.11 Å². The van der Waals surface area contributed by atoms with Crippen LogP contribution in [0.15, 0.2) is 24.3 Å². The fourth-order valence-electron chi connectivity index (χ4n) is 5.21. The third-order valence-electron chi connectivity index (χ3n) is 6.62. The van der Waals surface area contributed by atoms with Crippen LogP contribution in [-0.2, 0) is 0 Å². The van der Waals surface area contributed by atoms with Gasteiger partial charge in [0, 0.05) is 5.39 Å². The van der Waals surface area contributed by atoms with E-state index in [1.54, 1.807) is 12.1 Å². The number of rotatable bonds is 2. The molecule has 4 heteroatoms. The zero-order valence-corrected chi connectivity index (χ0v) is 15.0. The van der Waals surface area contributed by atoms with Crippen LogP contribution in [-0.4, -0.2) is 11.1 Å². The summed E-state index contributed by atoms with van der Waals surface area (Å²) in [6.45, 7) is 2.32. The number of hydrogen-bond donors (Lipinski definition) is 1. The largest absolute Gasteiger partial charge is 0.478 e. The van der Waals surface area contributed by atoms with Crippen LogP contribution in [0.25, 0.3) is 10.8 Å². The molecule has 2 nitrogen and oxygen atoms in total. The number of carboxylic acids is 1. The Morgan fingerprint density at radius 3 is 2.54 bits per heavy atom. The molecular weight excluding hydrogens is 334 g/mol. The predicted octanol–water partition coefficient (Wildman–Crippen LogP) is 6.14. The summed E-state index contributed by atoms with van der Waals surface area (Å²) in [7, 11) is 0. The summed E-state index contributed by atoms with van der Waals surface area (Å²) < 4.78 is 29.2. The lowest BCUT2D eigenvalue weighted by Gasteiger charge is -2.41. The molecule has 2 fully saturated rings. The Balaban J connectivity index is 1.66. The number of fused-ring (bicyclic) bond motifs is 2. The van der Waals surface area contributed by atoms with E-state index in [9.17, 15) is 13.6 Å². The maximum Gasteiger partial charge on any atom is 0.338 e. The van der Waals surface area contributed by atoms with Crippen LogP contribution in [0.2, 0.25) is 0 Å². The monoisotopic (exact) mass is 358 g/mol. The van der Waals surface area contributed by atoms with Crippen LogP contribution >= 0.6 is 0 Å². The Bertz CT molecular complexity index is 861. The van der Waals surface area contributed by atoms with Crippen molar-refractivity contribution in [2.24, 2.45) is 17.8 Å². The molecule has 4 atom stereocenters. The van der Waals surface area contributed by atoms with E-state index >= 15 is 0 Å². The van der Waals surface area contributed by atoms with E-state index in [2.05, 4.69) is 6.92 Å². The van der Waals surface area contributed by atoms with Gasteiger partial charge in [0.05, 0.1) is 5.56 Å². The van der Waals surface area contributed by atoms with Crippen molar-refractivity contribution in [3.05, 3.63) is 47.0 Å². The van der Waals surface area contributed by atoms with Crippen molar-refractivity contribution < 1.29 is 18.7 Å². The second-order valence-electron chi connectivity index (χ2n) is 8.28. The van der Waals surface area contributed by atoms with Crippen LogP contribution in [0.1, 0.15) is 67.3 Å². The molecule has 0 aromatic heterocycles. The van der Waals surface area contributed by atoms with E-state index in [0.29, 0.717) is 16.9 Å². The molecule has 0 bridgehead atoms. The second kappa shape index (κ2) is 6.64. The molecule has 0 aliphatic heterocycles. The Hall–Kier alpha value is -1.97. The predicted molar refractivity (Wildman–Crippen MR) is 97.4 cm³/mol. The highest BCUT2D eigenvalue weighted by Gasteiger charge is 2.35. The van der Waals surface area contributed by atoms with Crippen molar-refractivity contribution >= 4 is 16.7 Å². The van der Waals surface area contributed by atoms with E-state index < -0.39 is 23.2 Å². The van der Waals surface area contributed by atoms with Crippen LogP contribution in [0.4, 0.5) is 8.78 Å². The molecule has 1 N–H and O–H groups in total.